The van der Waals surface area contributed by atoms with Gasteiger partial charge in [-0.3, -0.25) is 0 Å². The van der Waals surface area contributed by atoms with E-state index in [1.54, 1.807) is 0 Å². The molecular formula is C105H76N4. The Balaban J connectivity index is 0.000000148. The predicted molar refractivity (Wildman–Crippen MR) is 461 cm³/mol. The molecule has 17 aromatic carbocycles. The minimum Gasteiger partial charge on any atom is -0.311 e. The van der Waals surface area contributed by atoms with Gasteiger partial charge in [0.1, 0.15) is 0 Å². The van der Waals surface area contributed by atoms with E-state index in [0.717, 1.165) is 34.1 Å². The van der Waals surface area contributed by atoms with E-state index < -0.39 is 0 Å². The Kier molecular flexibility index (Phi) is 16.9. The Morgan fingerprint density at radius 2 is 0.459 bits per heavy atom. The van der Waals surface area contributed by atoms with Crippen LogP contribution < -0.4 is 9.80 Å². The van der Waals surface area contributed by atoms with Crippen LogP contribution in [0.3, 0.4) is 0 Å². The van der Waals surface area contributed by atoms with Crippen molar-refractivity contribution in [1.29, 1.82) is 0 Å². The summed E-state index contributed by atoms with van der Waals surface area (Å²) in [6, 6.07) is 154. The zero-order valence-corrected chi connectivity index (χ0v) is 60.7. The molecule has 0 bridgehead atoms. The monoisotopic (exact) mass is 1390 g/mol. The lowest BCUT2D eigenvalue weighted by atomic mass is 9.82. The Bertz CT molecular complexity index is 6480. The Morgan fingerprint density at radius 1 is 0.183 bits per heavy atom. The summed E-state index contributed by atoms with van der Waals surface area (Å²) in [6.07, 6.45) is 0. The molecule has 0 fully saturated rings. The van der Waals surface area contributed by atoms with Gasteiger partial charge in [-0.2, -0.15) is 0 Å². The minimum atomic E-state index is -0.0864. The molecule has 0 radical (unpaired) electrons. The summed E-state index contributed by atoms with van der Waals surface area (Å²) in [5.41, 5.74) is 33.6. The van der Waals surface area contributed by atoms with E-state index in [1.807, 2.05) is 0 Å². The lowest BCUT2D eigenvalue weighted by molar-refractivity contribution is 0.660. The average Bonchev–Trinajstić information content (AvgIpc) is 1.60. The van der Waals surface area contributed by atoms with Crippen molar-refractivity contribution in [1.82, 2.24) is 9.13 Å². The van der Waals surface area contributed by atoms with Crippen molar-refractivity contribution in [2.75, 3.05) is 9.80 Å². The third kappa shape index (κ3) is 12.3. The molecule has 0 amide bonds. The molecule has 0 unspecified atom stereocenters. The molecule has 1 aliphatic carbocycles. The molecule has 19 aromatic rings. The van der Waals surface area contributed by atoms with E-state index in [0.29, 0.717) is 0 Å². The molecule has 0 N–H and O–H groups in total. The van der Waals surface area contributed by atoms with E-state index >= 15 is 0 Å². The number of hydrogen-bond donors (Lipinski definition) is 0. The highest BCUT2D eigenvalue weighted by Crippen LogP contribution is 2.51. The van der Waals surface area contributed by atoms with Crippen LogP contribution in [-0.4, -0.2) is 9.13 Å². The predicted octanol–water partition coefficient (Wildman–Crippen LogP) is 28.8. The van der Waals surface area contributed by atoms with Crippen LogP contribution in [0.5, 0.6) is 0 Å². The highest BCUT2D eigenvalue weighted by Gasteiger charge is 2.36. The second kappa shape index (κ2) is 28.1. The SMILES string of the molecule is CC1(C)c2ccccc2-c2ccc(N(c3ccc(-c4ccccc4)cc3)c3ccc(-c4ccc5c(c4)c4ccccc4n5-c4ccccc4)cc3)cc21.c1ccc(-c2ccc(N(c3ccc(-c4cccc(-c5ccccc5)c4)cc3)c3ccc(-c4ccc5c(c4)c4ccccc4n5-c4ccccc4)cc3)cc2)cc1. The second-order valence-corrected chi connectivity index (χ2v) is 28.8. The molecular weight excluding hydrogens is 1320 g/mol. The largest absolute Gasteiger partial charge is 0.311 e. The van der Waals surface area contributed by atoms with Crippen molar-refractivity contribution in [2.45, 2.75) is 19.3 Å². The Morgan fingerprint density at radius 3 is 0.872 bits per heavy atom. The Labute approximate surface area is 636 Å². The Hall–Kier alpha value is -14.1. The van der Waals surface area contributed by atoms with Crippen LogP contribution in [-0.2, 0) is 5.41 Å². The molecule has 1 aliphatic rings. The first-order valence-corrected chi connectivity index (χ1v) is 37.6. The van der Waals surface area contributed by atoms with Crippen molar-refractivity contribution >= 4 is 77.7 Å². The zero-order valence-electron chi connectivity index (χ0n) is 60.7. The average molecular weight is 1390 g/mol. The molecule has 0 saturated heterocycles. The van der Waals surface area contributed by atoms with Crippen LogP contribution in [0.15, 0.2) is 425 Å². The lowest BCUT2D eigenvalue weighted by Gasteiger charge is -2.28. The molecule has 0 aliphatic heterocycles. The normalized spacial score (nSPS) is 12.0. The maximum atomic E-state index is 2.41. The standard InChI is InChI=1S/C54H38N2.C51H38N2/c1-4-13-39(14-5-1)41-23-30-48(31-24-41)55(49-32-25-42(26-33-49)45-18-12-17-44(37-45)40-15-6-2-7-16-40)50-34-27-43(28-35-50)46-29-36-54-52(38-46)51-21-10-11-22-53(51)56(54)47-19-8-3-9-20-47;1-51(2)47-19-11-9-17-43(47)44-31-30-42(34-48(44)51)52(40-26-21-36(22-27-40)35-13-5-3-6-14-35)41-28-23-37(24-29-41)38-25-32-50-46(33-38)45-18-10-12-20-49(45)53(50)39-15-7-4-8-16-39/h1-38H;3-34H,1-2H3. The van der Waals surface area contributed by atoms with Crippen molar-refractivity contribution < 1.29 is 0 Å². The minimum absolute atomic E-state index is 0.0864. The van der Waals surface area contributed by atoms with Crippen molar-refractivity contribution in [2.24, 2.45) is 0 Å². The van der Waals surface area contributed by atoms with E-state index in [4.69, 9.17) is 0 Å². The fraction of sp³-hybridized carbons (Fsp3) is 0.0286. The molecule has 516 valence electrons. The fourth-order valence-electron chi connectivity index (χ4n) is 16.5. The number of anilines is 6. The molecule has 2 aromatic heterocycles. The van der Waals surface area contributed by atoms with Crippen LogP contribution in [0.25, 0.3) is 133 Å². The molecule has 20 rings (SSSR count). The van der Waals surface area contributed by atoms with Gasteiger partial charge in [-0.25, -0.2) is 0 Å². The van der Waals surface area contributed by atoms with Crippen molar-refractivity contribution in [3.63, 3.8) is 0 Å². The second-order valence-electron chi connectivity index (χ2n) is 28.8. The first-order valence-electron chi connectivity index (χ1n) is 37.6. The van der Waals surface area contributed by atoms with Gasteiger partial charge in [0.25, 0.3) is 0 Å². The van der Waals surface area contributed by atoms with Gasteiger partial charge in [-0.1, -0.05) is 299 Å². The smallest absolute Gasteiger partial charge is 0.0541 e. The van der Waals surface area contributed by atoms with E-state index in [1.165, 1.54) is 144 Å². The summed E-state index contributed by atoms with van der Waals surface area (Å²) in [5.74, 6) is 0. The lowest BCUT2D eigenvalue weighted by Crippen LogP contribution is -2.16. The van der Waals surface area contributed by atoms with Crippen LogP contribution in [0, 0.1) is 0 Å². The molecule has 0 atom stereocenters. The number of hydrogen-bond acceptors (Lipinski definition) is 2. The first kappa shape index (κ1) is 65.7. The number of benzene rings is 17. The zero-order chi connectivity index (χ0) is 72.8. The maximum absolute atomic E-state index is 2.41. The highest BCUT2D eigenvalue weighted by molar-refractivity contribution is 6.12. The summed E-state index contributed by atoms with van der Waals surface area (Å²) in [7, 11) is 0. The molecule has 4 heteroatoms. The molecule has 2 heterocycles. The van der Waals surface area contributed by atoms with Crippen LogP contribution >= 0.6 is 0 Å². The third-order valence-electron chi connectivity index (χ3n) is 22.0. The van der Waals surface area contributed by atoms with Gasteiger partial charge >= 0.3 is 0 Å². The summed E-state index contributed by atoms with van der Waals surface area (Å²) >= 11 is 0. The number of nitrogens with zero attached hydrogens (tertiary/aromatic N) is 4. The maximum Gasteiger partial charge on any atom is 0.0541 e. The van der Waals surface area contributed by atoms with Gasteiger partial charge < -0.3 is 18.9 Å². The topological polar surface area (TPSA) is 16.3 Å². The molecule has 109 heavy (non-hydrogen) atoms. The van der Waals surface area contributed by atoms with Gasteiger partial charge in [0.05, 0.1) is 22.1 Å². The van der Waals surface area contributed by atoms with Crippen LogP contribution in [0.2, 0.25) is 0 Å². The molecule has 0 spiro atoms. The summed E-state index contributed by atoms with van der Waals surface area (Å²) < 4.78 is 4.73. The van der Waals surface area contributed by atoms with Crippen molar-refractivity contribution in [3.8, 4) is 89.3 Å². The van der Waals surface area contributed by atoms with Gasteiger partial charge in [-0.15, -0.1) is 0 Å². The van der Waals surface area contributed by atoms with Crippen LogP contribution in [0.4, 0.5) is 34.1 Å². The number of rotatable bonds is 14. The van der Waals surface area contributed by atoms with E-state index in [-0.39, 0.29) is 5.41 Å². The number of fused-ring (bicyclic) bond motifs is 9. The van der Waals surface area contributed by atoms with E-state index in [2.05, 4.69) is 457 Å². The summed E-state index contributed by atoms with van der Waals surface area (Å²) in [5, 5.41) is 5.02. The molecule has 0 saturated carbocycles. The van der Waals surface area contributed by atoms with Gasteiger partial charge in [0.2, 0.25) is 0 Å². The molecule has 4 nitrogen and oxygen atoms in total. The number of aromatic nitrogens is 2. The van der Waals surface area contributed by atoms with Crippen molar-refractivity contribution in [3.05, 3.63) is 436 Å². The van der Waals surface area contributed by atoms with Gasteiger partial charge in [-0.05, 0) is 229 Å². The number of para-hydroxylation sites is 4. The van der Waals surface area contributed by atoms with E-state index in [9.17, 15) is 0 Å². The highest BCUT2D eigenvalue weighted by atomic mass is 15.1. The van der Waals surface area contributed by atoms with Crippen LogP contribution in [0.1, 0.15) is 25.0 Å². The van der Waals surface area contributed by atoms with Gasteiger partial charge in [0.15, 0.2) is 0 Å². The summed E-state index contributed by atoms with van der Waals surface area (Å²) in [4.78, 5) is 4.74. The third-order valence-corrected chi connectivity index (χ3v) is 22.0. The quantitative estimate of drug-likeness (QED) is 0.108. The fourth-order valence-corrected chi connectivity index (χ4v) is 16.5. The van der Waals surface area contributed by atoms with Gasteiger partial charge in [0, 0.05) is 72.5 Å². The first-order chi connectivity index (χ1) is 53.8. The summed E-state index contributed by atoms with van der Waals surface area (Å²) in [6.45, 7) is 4.70.